The molecular weight excluding hydrogens is 189 g/mol. The molecule has 5 N–H and O–H groups in total. The van der Waals surface area contributed by atoms with Crippen LogP contribution in [-0.4, -0.2) is 40.6 Å². The van der Waals surface area contributed by atoms with Crippen LogP contribution in [-0.2, 0) is 13.8 Å². The van der Waals surface area contributed by atoms with Gasteiger partial charge in [0.2, 0.25) is 0 Å². The number of hydrogen-bond acceptors (Lipinski definition) is 6. The Hall–Kier alpha value is -0.300. The molecule has 0 aromatic carbocycles. The third-order valence-corrected chi connectivity index (χ3v) is 1.94. The van der Waals surface area contributed by atoms with Crippen molar-refractivity contribution in [1.82, 2.24) is 0 Å². The van der Waals surface area contributed by atoms with Gasteiger partial charge in [0.25, 0.3) is 0 Å². The lowest BCUT2D eigenvalue weighted by Gasteiger charge is -2.08. The van der Waals surface area contributed by atoms with E-state index in [2.05, 4.69) is 9.05 Å². The van der Waals surface area contributed by atoms with E-state index in [0.29, 0.717) is 0 Å². The van der Waals surface area contributed by atoms with Gasteiger partial charge in [-0.25, -0.2) is 0 Å². The lowest BCUT2D eigenvalue weighted by atomic mass is 10.3. The summed E-state index contributed by atoms with van der Waals surface area (Å²) >= 11 is 0. The van der Waals surface area contributed by atoms with E-state index in [1.807, 2.05) is 0 Å². The van der Waals surface area contributed by atoms with Gasteiger partial charge >= 0.3 is 14.1 Å². The molecule has 0 amide bonds. The first kappa shape index (κ1) is 11.7. The van der Waals surface area contributed by atoms with Crippen LogP contribution in [0.25, 0.3) is 0 Å². The Morgan fingerprint density at radius 2 is 2.17 bits per heavy atom. The number of hydrogen-bond donors (Lipinski definition) is 4. The zero-order valence-corrected chi connectivity index (χ0v) is 7.27. The normalized spacial score (nSPS) is 14.3. The van der Waals surface area contributed by atoms with Gasteiger partial charge in [0.1, 0.15) is 12.6 Å². The minimum Gasteiger partial charge on any atom is -0.480 e. The highest BCUT2D eigenvalue weighted by molar-refractivity contribution is 7.54. The van der Waals surface area contributed by atoms with E-state index in [1.165, 1.54) is 0 Å². The average molecular weight is 200 g/mol. The molecule has 0 fully saturated rings. The van der Waals surface area contributed by atoms with E-state index < -0.39 is 26.8 Å². The molecule has 0 aliphatic rings. The summed E-state index contributed by atoms with van der Waals surface area (Å²) in [4.78, 5) is 27.6. The number of carboxylic acid groups (broad SMARTS) is 1. The molecule has 7 nitrogen and oxygen atoms in total. The molecule has 0 aromatic heterocycles. The SMILES string of the molecule is CO[P+](O)(O)OCC(N)C(=O)O. The van der Waals surface area contributed by atoms with Gasteiger partial charge in [-0.05, 0) is 0 Å². The third-order valence-electron chi connectivity index (χ3n) is 0.977. The predicted octanol–water partition coefficient (Wildman–Crippen LogP) is -1.28. The zero-order valence-electron chi connectivity index (χ0n) is 6.38. The quantitative estimate of drug-likeness (QED) is 0.408. The fraction of sp³-hybridized carbons (Fsp3) is 0.750. The summed E-state index contributed by atoms with van der Waals surface area (Å²) in [6.07, 6.45) is 0. The highest BCUT2D eigenvalue weighted by atomic mass is 31.2. The van der Waals surface area contributed by atoms with Crippen molar-refractivity contribution >= 4 is 14.1 Å². The van der Waals surface area contributed by atoms with Gasteiger partial charge in [-0.1, -0.05) is 0 Å². The summed E-state index contributed by atoms with van der Waals surface area (Å²) in [6, 6.07) is -1.29. The molecule has 0 heterocycles. The Labute approximate surface area is 69.4 Å². The Morgan fingerprint density at radius 3 is 2.50 bits per heavy atom. The van der Waals surface area contributed by atoms with Gasteiger partial charge in [-0.2, -0.15) is 18.8 Å². The number of carboxylic acids is 1. The fourth-order valence-corrected chi connectivity index (χ4v) is 0.762. The first-order valence-corrected chi connectivity index (χ1v) is 4.45. The van der Waals surface area contributed by atoms with Crippen molar-refractivity contribution < 1.29 is 28.7 Å². The van der Waals surface area contributed by atoms with Gasteiger partial charge in [0, 0.05) is 0 Å². The van der Waals surface area contributed by atoms with Crippen LogP contribution in [0.2, 0.25) is 0 Å². The second-order valence-electron chi connectivity index (χ2n) is 1.91. The molecule has 0 aromatic rings. The molecule has 0 aliphatic carbocycles. The van der Waals surface area contributed by atoms with E-state index in [0.717, 1.165) is 7.11 Å². The molecule has 0 saturated carbocycles. The van der Waals surface area contributed by atoms with Crippen molar-refractivity contribution in [3.05, 3.63) is 0 Å². The van der Waals surface area contributed by atoms with Crippen LogP contribution in [0.15, 0.2) is 0 Å². The van der Waals surface area contributed by atoms with E-state index in [4.69, 9.17) is 20.6 Å². The standard InChI is InChI=1S/C4H10NO6P/c1-10-12(8,9)11-2-3(5)4(6)7/h3,8-9H,2,5H2,1H3/p+1. The van der Waals surface area contributed by atoms with Crippen molar-refractivity contribution in [3.8, 4) is 0 Å². The molecule has 72 valence electrons. The van der Waals surface area contributed by atoms with Crippen LogP contribution in [0.3, 0.4) is 0 Å². The van der Waals surface area contributed by atoms with Crippen molar-refractivity contribution in [1.29, 1.82) is 0 Å². The maximum absolute atomic E-state index is 10.1. The molecule has 12 heavy (non-hydrogen) atoms. The first-order valence-electron chi connectivity index (χ1n) is 2.92. The number of aliphatic carboxylic acids is 1. The topological polar surface area (TPSA) is 122 Å². The third kappa shape index (κ3) is 4.55. The average Bonchev–Trinajstić information content (AvgIpc) is 2.00. The second kappa shape index (κ2) is 4.66. The molecule has 0 bridgehead atoms. The Bertz CT molecular complexity index is 162. The van der Waals surface area contributed by atoms with E-state index in [1.54, 1.807) is 0 Å². The second-order valence-corrected chi connectivity index (χ2v) is 3.52. The summed E-state index contributed by atoms with van der Waals surface area (Å²) < 4.78 is 8.42. The lowest BCUT2D eigenvalue weighted by Crippen LogP contribution is -2.34. The van der Waals surface area contributed by atoms with Crippen LogP contribution in [0, 0.1) is 0 Å². The first-order chi connectivity index (χ1) is 5.39. The molecule has 0 radical (unpaired) electrons. The van der Waals surface area contributed by atoms with E-state index >= 15 is 0 Å². The van der Waals surface area contributed by atoms with Gasteiger partial charge in [0.15, 0.2) is 0 Å². The van der Waals surface area contributed by atoms with E-state index in [9.17, 15) is 4.79 Å². The summed E-state index contributed by atoms with van der Waals surface area (Å²) in [5.41, 5.74) is 4.99. The summed E-state index contributed by atoms with van der Waals surface area (Å²) in [5.74, 6) is -1.29. The van der Waals surface area contributed by atoms with Crippen LogP contribution in [0.5, 0.6) is 0 Å². The highest BCUT2D eigenvalue weighted by Crippen LogP contribution is 2.51. The molecular formula is C4H11NO6P+. The van der Waals surface area contributed by atoms with Crippen molar-refractivity contribution in [2.75, 3.05) is 13.7 Å². The molecule has 0 saturated heterocycles. The fourth-order valence-electron chi connectivity index (χ4n) is 0.301. The van der Waals surface area contributed by atoms with Gasteiger partial charge < -0.3 is 10.8 Å². The summed E-state index contributed by atoms with van der Waals surface area (Å²) in [7, 11) is -2.83. The van der Waals surface area contributed by atoms with Crippen LogP contribution in [0.4, 0.5) is 0 Å². The van der Waals surface area contributed by atoms with Crippen LogP contribution >= 0.6 is 8.17 Å². The molecule has 8 heteroatoms. The van der Waals surface area contributed by atoms with Crippen LogP contribution < -0.4 is 5.73 Å². The van der Waals surface area contributed by atoms with Crippen molar-refractivity contribution in [2.45, 2.75) is 6.04 Å². The Morgan fingerprint density at radius 1 is 1.67 bits per heavy atom. The Balaban J connectivity index is 3.75. The maximum Gasteiger partial charge on any atom is 0.569 e. The minimum absolute atomic E-state index is 0.510. The highest BCUT2D eigenvalue weighted by Gasteiger charge is 2.38. The van der Waals surface area contributed by atoms with Gasteiger partial charge in [-0.3, -0.25) is 4.79 Å². The van der Waals surface area contributed by atoms with Crippen molar-refractivity contribution in [2.24, 2.45) is 5.73 Å². The van der Waals surface area contributed by atoms with Crippen LogP contribution in [0.1, 0.15) is 0 Å². The number of nitrogens with two attached hydrogens (primary N) is 1. The minimum atomic E-state index is -3.86. The zero-order chi connectivity index (χ0) is 9.78. The lowest BCUT2D eigenvalue weighted by molar-refractivity contribution is -0.139. The van der Waals surface area contributed by atoms with Gasteiger partial charge in [0.05, 0.1) is 7.11 Å². The predicted molar refractivity (Wildman–Crippen MR) is 39.9 cm³/mol. The number of carbonyl (C=O) groups is 1. The molecule has 0 spiro atoms. The van der Waals surface area contributed by atoms with Crippen molar-refractivity contribution in [3.63, 3.8) is 0 Å². The Kier molecular flexibility index (Phi) is 4.54. The maximum atomic E-state index is 10.1. The van der Waals surface area contributed by atoms with E-state index in [-0.39, 0.29) is 0 Å². The smallest absolute Gasteiger partial charge is 0.480 e. The monoisotopic (exact) mass is 200 g/mol. The molecule has 0 aliphatic heterocycles. The molecule has 0 rings (SSSR count). The number of rotatable bonds is 5. The molecule has 1 atom stereocenters. The van der Waals surface area contributed by atoms with Gasteiger partial charge in [-0.15, -0.1) is 0 Å². The molecule has 1 unspecified atom stereocenters. The summed E-state index contributed by atoms with van der Waals surface area (Å²) in [6.45, 7) is -0.510. The summed E-state index contributed by atoms with van der Waals surface area (Å²) in [5, 5.41) is 8.25. The largest absolute Gasteiger partial charge is 0.569 e.